The van der Waals surface area contributed by atoms with Crippen molar-refractivity contribution in [2.24, 2.45) is 0 Å². The first-order valence-electron chi connectivity index (χ1n) is 6.01. The van der Waals surface area contributed by atoms with Crippen LogP contribution in [0.2, 0.25) is 0 Å². The summed E-state index contributed by atoms with van der Waals surface area (Å²) in [5, 5.41) is 3.17. The second kappa shape index (κ2) is 7.36. The lowest BCUT2D eigenvalue weighted by Gasteiger charge is -2.29. The number of benzene rings is 1. The number of hydrogen-bond donors (Lipinski definition) is 1. The number of para-hydroxylation sites is 1. The molecule has 2 rings (SSSR count). The quantitative estimate of drug-likeness (QED) is 0.904. The molecule has 1 aliphatic rings. The normalized spacial score (nSPS) is 18.8. The predicted octanol–water partition coefficient (Wildman–Crippen LogP) is 1.45. The third-order valence-corrected chi connectivity index (χ3v) is 2.85. The molecule has 0 saturated carbocycles. The minimum absolute atomic E-state index is 0. The number of carbonyl (C=O) groups is 1. The largest absolute Gasteiger partial charge is 0.366 e. The molecule has 0 aliphatic carbocycles. The molecule has 0 aromatic heterocycles. The molecule has 100 valence electrons. The van der Waals surface area contributed by atoms with Gasteiger partial charge in [-0.3, -0.25) is 4.79 Å². The number of rotatable bonds is 3. The standard InChI is InChI=1S/C13H18N2O2.ClH/c1-2-15(11-6-4-3-5-7-11)13(16)12-10-14-8-9-17-12;/h3-7,12,14H,2,8-10H2,1H3;1H. The van der Waals surface area contributed by atoms with Crippen molar-refractivity contribution in [3.05, 3.63) is 30.3 Å². The van der Waals surface area contributed by atoms with E-state index in [9.17, 15) is 4.79 Å². The van der Waals surface area contributed by atoms with Gasteiger partial charge in [-0.2, -0.15) is 0 Å². The van der Waals surface area contributed by atoms with Crippen LogP contribution in [0.25, 0.3) is 0 Å². The maximum absolute atomic E-state index is 12.3. The van der Waals surface area contributed by atoms with Crippen molar-refractivity contribution >= 4 is 24.0 Å². The highest BCUT2D eigenvalue weighted by Crippen LogP contribution is 2.15. The van der Waals surface area contributed by atoms with Crippen molar-refractivity contribution in [1.29, 1.82) is 0 Å². The summed E-state index contributed by atoms with van der Waals surface area (Å²) in [5.41, 5.74) is 0.925. The molecule has 0 radical (unpaired) electrons. The fourth-order valence-electron chi connectivity index (χ4n) is 1.97. The summed E-state index contributed by atoms with van der Waals surface area (Å²) in [6.07, 6.45) is -0.357. The summed E-state index contributed by atoms with van der Waals surface area (Å²) in [7, 11) is 0. The number of nitrogens with one attached hydrogen (secondary N) is 1. The zero-order valence-corrected chi connectivity index (χ0v) is 11.3. The third-order valence-electron chi connectivity index (χ3n) is 2.85. The molecule has 1 aromatic carbocycles. The van der Waals surface area contributed by atoms with Crippen molar-refractivity contribution in [2.75, 3.05) is 31.1 Å². The van der Waals surface area contributed by atoms with Gasteiger partial charge in [0.05, 0.1) is 6.61 Å². The Kier molecular flexibility index (Phi) is 6.12. The molecule has 1 heterocycles. The first-order valence-corrected chi connectivity index (χ1v) is 6.01. The van der Waals surface area contributed by atoms with Crippen molar-refractivity contribution in [3.63, 3.8) is 0 Å². The van der Waals surface area contributed by atoms with E-state index in [4.69, 9.17) is 4.74 Å². The van der Waals surface area contributed by atoms with Crippen molar-refractivity contribution in [3.8, 4) is 0 Å². The van der Waals surface area contributed by atoms with E-state index in [2.05, 4.69) is 5.32 Å². The number of likely N-dealkylation sites (N-methyl/N-ethyl adjacent to an activating group) is 1. The molecule has 1 fully saturated rings. The first-order chi connectivity index (χ1) is 8.33. The number of morpholine rings is 1. The molecule has 1 unspecified atom stereocenters. The van der Waals surface area contributed by atoms with Gasteiger partial charge in [-0.1, -0.05) is 18.2 Å². The molecule has 5 heteroatoms. The average Bonchev–Trinajstić information content (AvgIpc) is 2.42. The van der Waals surface area contributed by atoms with E-state index in [1.54, 1.807) is 4.90 Å². The number of anilines is 1. The first kappa shape index (κ1) is 15.0. The molecular formula is C13H19ClN2O2. The van der Waals surface area contributed by atoms with Crippen LogP contribution in [0.15, 0.2) is 30.3 Å². The Balaban J connectivity index is 0.00000162. The number of halogens is 1. The Morgan fingerprint density at radius 2 is 2.17 bits per heavy atom. The molecule has 0 bridgehead atoms. The van der Waals surface area contributed by atoms with Gasteiger partial charge in [0.1, 0.15) is 6.10 Å². The summed E-state index contributed by atoms with van der Waals surface area (Å²) in [4.78, 5) is 14.1. The smallest absolute Gasteiger partial charge is 0.257 e. The molecule has 1 aromatic rings. The van der Waals surface area contributed by atoms with Gasteiger partial charge in [-0.15, -0.1) is 12.4 Å². The van der Waals surface area contributed by atoms with Crippen LogP contribution in [-0.4, -0.2) is 38.3 Å². The molecule has 1 saturated heterocycles. The molecular weight excluding hydrogens is 252 g/mol. The van der Waals surface area contributed by atoms with Gasteiger partial charge in [0.25, 0.3) is 5.91 Å². The molecule has 0 spiro atoms. The van der Waals surface area contributed by atoms with Gasteiger partial charge in [-0.25, -0.2) is 0 Å². The van der Waals surface area contributed by atoms with Crippen LogP contribution in [0, 0.1) is 0 Å². The van der Waals surface area contributed by atoms with Crippen LogP contribution in [0.5, 0.6) is 0 Å². The second-order valence-corrected chi connectivity index (χ2v) is 3.98. The summed E-state index contributed by atoms with van der Waals surface area (Å²) < 4.78 is 5.49. The van der Waals surface area contributed by atoms with E-state index in [-0.39, 0.29) is 24.4 Å². The Morgan fingerprint density at radius 1 is 1.44 bits per heavy atom. The van der Waals surface area contributed by atoms with Crippen LogP contribution >= 0.6 is 12.4 Å². The van der Waals surface area contributed by atoms with Gasteiger partial charge >= 0.3 is 0 Å². The van der Waals surface area contributed by atoms with Crippen LogP contribution in [0.1, 0.15) is 6.92 Å². The van der Waals surface area contributed by atoms with E-state index >= 15 is 0 Å². The van der Waals surface area contributed by atoms with Gasteiger partial charge in [0.2, 0.25) is 0 Å². The SMILES string of the molecule is CCN(C(=O)C1CNCCO1)c1ccccc1.Cl. The number of ether oxygens (including phenoxy) is 1. The molecule has 18 heavy (non-hydrogen) atoms. The van der Waals surface area contributed by atoms with E-state index in [0.29, 0.717) is 19.7 Å². The Bertz CT molecular complexity index is 367. The van der Waals surface area contributed by atoms with E-state index in [0.717, 1.165) is 12.2 Å². The predicted molar refractivity (Wildman–Crippen MR) is 74.3 cm³/mol. The van der Waals surface area contributed by atoms with E-state index in [1.165, 1.54) is 0 Å². The monoisotopic (exact) mass is 270 g/mol. The highest BCUT2D eigenvalue weighted by Gasteiger charge is 2.26. The minimum Gasteiger partial charge on any atom is -0.366 e. The van der Waals surface area contributed by atoms with Crippen molar-refractivity contribution in [1.82, 2.24) is 5.32 Å². The van der Waals surface area contributed by atoms with Gasteiger partial charge in [0.15, 0.2) is 0 Å². The summed E-state index contributed by atoms with van der Waals surface area (Å²) in [6.45, 7) is 4.65. The molecule has 4 nitrogen and oxygen atoms in total. The number of amides is 1. The molecule has 1 aliphatic heterocycles. The Labute approximate surface area is 114 Å². The van der Waals surface area contributed by atoms with Crippen LogP contribution in [-0.2, 0) is 9.53 Å². The second-order valence-electron chi connectivity index (χ2n) is 3.98. The maximum atomic E-state index is 12.3. The lowest BCUT2D eigenvalue weighted by molar-refractivity contribution is -0.131. The number of carbonyl (C=O) groups excluding carboxylic acids is 1. The van der Waals surface area contributed by atoms with Gasteiger partial charge in [0, 0.05) is 25.3 Å². The lowest BCUT2D eigenvalue weighted by atomic mass is 10.2. The summed E-state index contributed by atoms with van der Waals surface area (Å²) in [5.74, 6) is 0.0332. The van der Waals surface area contributed by atoms with Gasteiger partial charge < -0.3 is 15.0 Å². The van der Waals surface area contributed by atoms with E-state index < -0.39 is 0 Å². The Hall–Kier alpha value is -1.10. The topological polar surface area (TPSA) is 41.6 Å². The Morgan fingerprint density at radius 3 is 2.72 bits per heavy atom. The molecule has 1 amide bonds. The highest BCUT2D eigenvalue weighted by molar-refractivity contribution is 5.96. The molecule has 1 atom stereocenters. The van der Waals surface area contributed by atoms with Crippen molar-refractivity contribution < 1.29 is 9.53 Å². The van der Waals surface area contributed by atoms with Crippen molar-refractivity contribution in [2.45, 2.75) is 13.0 Å². The van der Waals surface area contributed by atoms with Crippen LogP contribution < -0.4 is 10.2 Å². The zero-order chi connectivity index (χ0) is 12.1. The highest BCUT2D eigenvalue weighted by atomic mass is 35.5. The maximum Gasteiger partial charge on any atom is 0.257 e. The molecule has 1 N–H and O–H groups in total. The summed E-state index contributed by atoms with van der Waals surface area (Å²) >= 11 is 0. The number of nitrogens with zero attached hydrogens (tertiary/aromatic N) is 1. The fraction of sp³-hybridized carbons (Fsp3) is 0.462. The fourth-order valence-corrected chi connectivity index (χ4v) is 1.97. The minimum atomic E-state index is -0.357. The zero-order valence-electron chi connectivity index (χ0n) is 10.5. The van der Waals surface area contributed by atoms with Crippen LogP contribution in [0.3, 0.4) is 0 Å². The van der Waals surface area contributed by atoms with Gasteiger partial charge in [-0.05, 0) is 19.1 Å². The lowest BCUT2D eigenvalue weighted by Crippen LogP contribution is -2.49. The van der Waals surface area contributed by atoms with Crippen LogP contribution in [0.4, 0.5) is 5.69 Å². The third kappa shape index (κ3) is 3.45. The summed E-state index contributed by atoms with van der Waals surface area (Å²) in [6, 6.07) is 9.70. The number of hydrogen-bond acceptors (Lipinski definition) is 3. The van der Waals surface area contributed by atoms with E-state index in [1.807, 2.05) is 37.3 Å². The average molecular weight is 271 g/mol.